The Morgan fingerprint density at radius 2 is 1.64 bits per heavy atom. The number of alkyl halides is 2. The van der Waals surface area contributed by atoms with Gasteiger partial charge in [-0.2, -0.15) is 15.0 Å². The predicted octanol–water partition coefficient (Wildman–Crippen LogP) is 0.284. The van der Waals surface area contributed by atoms with Crippen LogP contribution in [0.2, 0.25) is 0 Å². The maximum atomic E-state index is 13.6. The average molecular weight is 631 g/mol. The van der Waals surface area contributed by atoms with Gasteiger partial charge in [0.2, 0.25) is 35.6 Å². The molecule has 2 aromatic heterocycles. The van der Waals surface area contributed by atoms with E-state index in [0.717, 1.165) is 6.20 Å². The summed E-state index contributed by atoms with van der Waals surface area (Å²) >= 11 is 0. The topological polar surface area (TPSA) is 184 Å². The van der Waals surface area contributed by atoms with Gasteiger partial charge in [0.05, 0.1) is 5.56 Å². The highest BCUT2D eigenvalue weighted by Crippen LogP contribution is 2.29. The summed E-state index contributed by atoms with van der Waals surface area (Å²) in [7, 11) is 5.56. The Balaban J connectivity index is 1.25. The maximum Gasteiger partial charge on any atom is 0.281 e. The van der Waals surface area contributed by atoms with Gasteiger partial charge in [0.1, 0.15) is 5.69 Å². The Morgan fingerprint density at radius 1 is 0.956 bits per heavy atom. The van der Waals surface area contributed by atoms with Crippen LogP contribution in [0.3, 0.4) is 0 Å². The van der Waals surface area contributed by atoms with Crippen molar-refractivity contribution in [2.24, 2.45) is 5.92 Å². The van der Waals surface area contributed by atoms with E-state index >= 15 is 0 Å². The standard InChI is InChI=1S/C28H40F2N12O3/c1-38(2)9-4-5-20(43)40-11-6-18(7-12-40)25(45)39(3)10-8-21(44)41-13-15-42(16-14-41)28-36-24(35-27(32)37-28)19-17-33-26(31)34-22(19)23(29)30/h4-5,17-18,23H,6-16H2,1-3H3,(H2,31,33,34)(H2,32,35,36,37)/b5-4+. The van der Waals surface area contributed by atoms with Gasteiger partial charge in [0, 0.05) is 84.0 Å². The molecule has 4 N–H and O–H groups in total. The Labute approximate surface area is 260 Å². The van der Waals surface area contributed by atoms with E-state index in [9.17, 15) is 23.2 Å². The zero-order valence-electron chi connectivity index (χ0n) is 25.8. The Morgan fingerprint density at radius 3 is 2.29 bits per heavy atom. The number of hydrogen-bond acceptors (Lipinski definition) is 12. The molecule has 0 bridgehead atoms. The molecule has 15 nitrogen and oxygen atoms in total. The number of amides is 3. The summed E-state index contributed by atoms with van der Waals surface area (Å²) in [5.74, 6) is -0.713. The van der Waals surface area contributed by atoms with Gasteiger partial charge in [-0.3, -0.25) is 14.4 Å². The largest absolute Gasteiger partial charge is 0.368 e. The minimum Gasteiger partial charge on any atom is -0.368 e. The first kappa shape index (κ1) is 33.4. The minimum atomic E-state index is -2.93. The molecule has 2 aliphatic heterocycles. The highest BCUT2D eigenvalue weighted by atomic mass is 19.3. The number of carbonyl (C=O) groups excluding carboxylic acids is 3. The van der Waals surface area contributed by atoms with E-state index in [-0.39, 0.29) is 65.8 Å². The van der Waals surface area contributed by atoms with Crippen LogP contribution in [0.25, 0.3) is 11.4 Å². The second-order valence-corrected chi connectivity index (χ2v) is 11.3. The molecule has 17 heteroatoms. The van der Waals surface area contributed by atoms with Gasteiger partial charge in [-0.15, -0.1) is 0 Å². The lowest BCUT2D eigenvalue weighted by molar-refractivity contribution is -0.139. The summed E-state index contributed by atoms with van der Waals surface area (Å²) < 4.78 is 27.2. The summed E-state index contributed by atoms with van der Waals surface area (Å²) in [6.45, 7) is 3.52. The first-order valence-corrected chi connectivity index (χ1v) is 14.7. The summed E-state index contributed by atoms with van der Waals surface area (Å²) in [5.41, 5.74) is 10.6. The monoisotopic (exact) mass is 630 g/mol. The van der Waals surface area contributed by atoms with Crippen LogP contribution in [0, 0.1) is 5.92 Å². The Bertz CT molecular complexity index is 1390. The third-order valence-electron chi connectivity index (χ3n) is 7.76. The molecular weight excluding hydrogens is 590 g/mol. The lowest BCUT2D eigenvalue weighted by Gasteiger charge is -2.35. The first-order chi connectivity index (χ1) is 21.4. The van der Waals surface area contributed by atoms with Gasteiger partial charge in [-0.1, -0.05) is 6.08 Å². The summed E-state index contributed by atoms with van der Waals surface area (Å²) in [6.07, 6.45) is 2.95. The molecule has 0 aromatic carbocycles. The van der Waals surface area contributed by atoms with Crippen molar-refractivity contribution in [1.82, 2.24) is 44.5 Å². The van der Waals surface area contributed by atoms with Crippen molar-refractivity contribution >= 4 is 35.6 Å². The number of piperidine rings is 1. The van der Waals surface area contributed by atoms with Crippen LogP contribution in [0.1, 0.15) is 31.4 Å². The van der Waals surface area contributed by atoms with E-state index in [1.807, 2.05) is 25.1 Å². The van der Waals surface area contributed by atoms with Crippen LogP contribution < -0.4 is 16.4 Å². The van der Waals surface area contributed by atoms with Crippen molar-refractivity contribution in [2.45, 2.75) is 25.7 Å². The van der Waals surface area contributed by atoms with Gasteiger partial charge < -0.3 is 36.0 Å². The normalized spacial score (nSPS) is 16.2. The number of piperazine rings is 1. The quantitative estimate of drug-likeness (QED) is 0.343. The van der Waals surface area contributed by atoms with Gasteiger partial charge in [0.15, 0.2) is 5.82 Å². The molecule has 0 saturated carbocycles. The van der Waals surface area contributed by atoms with Crippen LogP contribution in [0.4, 0.5) is 26.6 Å². The molecule has 0 radical (unpaired) electrons. The number of nitrogens with zero attached hydrogens (tertiary/aromatic N) is 10. The molecule has 244 valence electrons. The number of halogens is 2. The van der Waals surface area contributed by atoms with Crippen molar-refractivity contribution in [3.8, 4) is 11.4 Å². The summed E-state index contributed by atoms with van der Waals surface area (Å²) in [4.78, 5) is 67.1. The lowest BCUT2D eigenvalue weighted by Crippen LogP contribution is -2.50. The molecule has 45 heavy (non-hydrogen) atoms. The van der Waals surface area contributed by atoms with Gasteiger partial charge in [-0.25, -0.2) is 18.7 Å². The molecule has 4 rings (SSSR count). The zero-order valence-corrected chi connectivity index (χ0v) is 25.8. The third-order valence-corrected chi connectivity index (χ3v) is 7.76. The van der Waals surface area contributed by atoms with Crippen LogP contribution in [0.5, 0.6) is 0 Å². The SMILES string of the molecule is CN(C)C/C=C/C(=O)N1CCC(C(=O)N(C)CCC(=O)N2CCN(c3nc(N)nc(-c4cnc(N)nc4C(F)F)n3)CC2)CC1. The second-order valence-electron chi connectivity index (χ2n) is 11.3. The van der Waals surface area contributed by atoms with Crippen molar-refractivity contribution in [3.63, 3.8) is 0 Å². The predicted molar refractivity (Wildman–Crippen MR) is 163 cm³/mol. The van der Waals surface area contributed by atoms with E-state index in [1.165, 1.54) is 0 Å². The van der Waals surface area contributed by atoms with E-state index in [0.29, 0.717) is 58.7 Å². The number of anilines is 3. The van der Waals surface area contributed by atoms with Gasteiger partial charge >= 0.3 is 0 Å². The molecule has 2 fully saturated rings. The minimum absolute atomic E-state index is 0.0207. The number of carbonyl (C=O) groups is 3. The van der Waals surface area contributed by atoms with E-state index < -0.39 is 12.1 Å². The summed E-state index contributed by atoms with van der Waals surface area (Å²) in [6, 6.07) is 0. The molecule has 0 atom stereocenters. The van der Waals surface area contributed by atoms with Crippen LogP contribution in [0.15, 0.2) is 18.3 Å². The number of aromatic nitrogens is 5. The van der Waals surface area contributed by atoms with Gasteiger partial charge in [-0.05, 0) is 26.9 Å². The van der Waals surface area contributed by atoms with Crippen molar-refractivity contribution < 1.29 is 23.2 Å². The molecule has 2 aromatic rings. The summed E-state index contributed by atoms with van der Waals surface area (Å²) in [5, 5.41) is 0. The average Bonchev–Trinajstić information content (AvgIpc) is 3.02. The highest BCUT2D eigenvalue weighted by molar-refractivity contribution is 5.88. The molecule has 2 saturated heterocycles. The fourth-order valence-electron chi connectivity index (χ4n) is 5.21. The molecule has 0 spiro atoms. The third kappa shape index (κ3) is 8.77. The van der Waals surface area contributed by atoms with E-state index in [4.69, 9.17) is 11.5 Å². The fourth-order valence-corrected chi connectivity index (χ4v) is 5.21. The number of likely N-dealkylation sites (tertiary alicyclic amines) is 1. The number of nitrogen functional groups attached to an aromatic ring is 2. The molecule has 3 amide bonds. The molecular formula is C28H40F2N12O3. The zero-order chi connectivity index (χ0) is 32.7. The number of nitrogens with two attached hydrogens (primary N) is 2. The van der Waals surface area contributed by atoms with Crippen molar-refractivity contribution in [2.75, 3.05) is 89.9 Å². The Hall–Kier alpha value is -4.54. The van der Waals surface area contributed by atoms with Crippen LogP contribution in [-0.2, 0) is 14.4 Å². The van der Waals surface area contributed by atoms with Gasteiger partial charge in [0.25, 0.3) is 6.43 Å². The van der Waals surface area contributed by atoms with Crippen molar-refractivity contribution in [1.29, 1.82) is 0 Å². The Kier molecular flexibility index (Phi) is 11.1. The highest BCUT2D eigenvalue weighted by Gasteiger charge is 2.30. The number of hydrogen-bond donors (Lipinski definition) is 2. The number of likely N-dealkylation sites (N-methyl/N-ethyl adjacent to an activating group) is 1. The van der Waals surface area contributed by atoms with Crippen LogP contribution >= 0.6 is 0 Å². The van der Waals surface area contributed by atoms with E-state index in [1.54, 1.807) is 32.7 Å². The molecule has 2 aliphatic rings. The fraction of sp³-hybridized carbons (Fsp3) is 0.571. The first-order valence-electron chi connectivity index (χ1n) is 14.7. The smallest absolute Gasteiger partial charge is 0.281 e. The molecule has 0 aliphatic carbocycles. The molecule has 4 heterocycles. The second kappa shape index (κ2) is 15.0. The molecule has 0 unspecified atom stereocenters. The maximum absolute atomic E-state index is 13.6. The van der Waals surface area contributed by atoms with Crippen LogP contribution in [-0.4, -0.2) is 136 Å². The number of rotatable bonds is 10. The van der Waals surface area contributed by atoms with Crippen molar-refractivity contribution in [3.05, 3.63) is 24.0 Å². The lowest BCUT2D eigenvalue weighted by atomic mass is 9.95. The van der Waals surface area contributed by atoms with E-state index in [2.05, 4.69) is 24.9 Å².